The lowest BCUT2D eigenvalue weighted by Gasteiger charge is -2.10. The molecule has 62 valence electrons. The van der Waals surface area contributed by atoms with Crippen LogP contribution in [0, 0.1) is 11.8 Å². The fourth-order valence-electron chi connectivity index (χ4n) is 0.623. The normalized spacial score (nSPS) is 14.1. The number of hydrogen-bond donors (Lipinski definition) is 0. The Kier molecular flexibility index (Phi) is 5.70. The molecule has 10 heavy (non-hydrogen) atoms. The van der Waals surface area contributed by atoms with Crippen LogP contribution in [0.2, 0.25) is 0 Å². The molecule has 0 bridgehead atoms. The van der Waals surface area contributed by atoms with E-state index in [0.29, 0.717) is 5.92 Å². The maximum atomic E-state index is 5.45. The number of hydrogen-bond acceptors (Lipinski definition) is 1. The summed E-state index contributed by atoms with van der Waals surface area (Å²) in [4.78, 5) is 0. The molecule has 0 aromatic carbocycles. The van der Waals surface area contributed by atoms with Gasteiger partial charge in [-0.2, -0.15) is 0 Å². The Hall–Kier alpha value is -0.0400. The van der Waals surface area contributed by atoms with Gasteiger partial charge < -0.3 is 4.74 Å². The van der Waals surface area contributed by atoms with Gasteiger partial charge in [0.2, 0.25) is 0 Å². The fourth-order valence-corrected chi connectivity index (χ4v) is 0.623. The average Bonchev–Trinajstić information content (AvgIpc) is 1.87. The maximum absolute atomic E-state index is 5.45. The standard InChI is InChI=1S/C9H20O/c1-5-9(4)7-10-6-8(2)3/h8-9H,5-7H2,1-4H3. The van der Waals surface area contributed by atoms with Crippen molar-refractivity contribution in [3.63, 3.8) is 0 Å². The molecule has 1 heteroatoms. The van der Waals surface area contributed by atoms with Gasteiger partial charge in [0.1, 0.15) is 0 Å². The quantitative estimate of drug-likeness (QED) is 0.576. The zero-order valence-electron chi connectivity index (χ0n) is 7.68. The summed E-state index contributed by atoms with van der Waals surface area (Å²) in [6.07, 6.45) is 1.22. The Bertz CT molecular complexity index is 69.1. The van der Waals surface area contributed by atoms with Crippen LogP contribution in [0.25, 0.3) is 0 Å². The van der Waals surface area contributed by atoms with Crippen LogP contribution in [0.4, 0.5) is 0 Å². The summed E-state index contributed by atoms with van der Waals surface area (Å²) in [5.41, 5.74) is 0. The highest BCUT2D eigenvalue weighted by molar-refractivity contribution is 4.47. The Morgan fingerprint density at radius 3 is 2.10 bits per heavy atom. The molecular formula is C9H20O. The van der Waals surface area contributed by atoms with E-state index in [1.54, 1.807) is 0 Å². The first-order chi connectivity index (χ1) is 4.66. The third-order valence-corrected chi connectivity index (χ3v) is 1.55. The van der Waals surface area contributed by atoms with Gasteiger partial charge in [-0.05, 0) is 11.8 Å². The van der Waals surface area contributed by atoms with Gasteiger partial charge in [-0.3, -0.25) is 0 Å². The summed E-state index contributed by atoms with van der Waals surface area (Å²) in [7, 11) is 0. The lowest BCUT2D eigenvalue weighted by Crippen LogP contribution is -2.08. The predicted molar refractivity (Wildman–Crippen MR) is 45.1 cm³/mol. The second-order valence-electron chi connectivity index (χ2n) is 3.44. The lowest BCUT2D eigenvalue weighted by molar-refractivity contribution is 0.0832. The van der Waals surface area contributed by atoms with E-state index in [1.807, 2.05) is 0 Å². The van der Waals surface area contributed by atoms with Gasteiger partial charge in [-0.1, -0.05) is 34.1 Å². The monoisotopic (exact) mass is 144 g/mol. The second-order valence-corrected chi connectivity index (χ2v) is 3.44. The first-order valence-corrected chi connectivity index (χ1v) is 4.24. The van der Waals surface area contributed by atoms with Crippen LogP contribution in [-0.4, -0.2) is 13.2 Å². The molecule has 1 unspecified atom stereocenters. The Labute approximate surface area is 64.8 Å². The zero-order chi connectivity index (χ0) is 7.98. The highest BCUT2D eigenvalue weighted by Gasteiger charge is 1.98. The van der Waals surface area contributed by atoms with Crippen LogP contribution in [0.3, 0.4) is 0 Å². The third-order valence-electron chi connectivity index (χ3n) is 1.55. The summed E-state index contributed by atoms with van der Waals surface area (Å²) < 4.78 is 5.45. The molecule has 0 spiro atoms. The van der Waals surface area contributed by atoms with Gasteiger partial charge in [0.25, 0.3) is 0 Å². The summed E-state index contributed by atoms with van der Waals surface area (Å²) in [5, 5.41) is 0. The average molecular weight is 144 g/mol. The second kappa shape index (κ2) is 5.72. The van der Waals surface area contributed by atoms with Crippen LogP contribution >= 0.6 is 0 Å². The molecule has 0 aliphatic heterocycles. The topological polar surface area (TPSA) is 9.23 Å². The summed E-state index contributed by atoms with van der Waals surface area (Å²) >= 11 is 0. The highest BCUT2D eigenvalue weighted by Crippen LogP contribution is 2.02. The van der Waals surface area contributed by atoms with Crippen LogP contribution in [0.15, 0.2) is 0 Å². The molecule has 0 aromatic rings. The molecule has 1 atom stereocenters. The molecule has 0 aliphatic carbocycles. The molecule has 1 nitrogen and oxygen atoms in total. The van der Waals surface area contributed by atoms with Gasteiger partial charge in [-0.15, -0.1) is 0 Å². The zero-order valence-corrected chi connectivity index (χ0v) is 7.68. The van der Waals surface area contributed by atoms with Crippen molar-refractivity contribution >= 4 is 0 Å². The molecular weight excluding hydrogens is 124 g/mol. The third kappa shape index (κ3) is 6.09. The molecule has 0 amide bonds. The molecule has 0 fully saturated rings. The van der Waals surface area contributed by atoms with E-state index in [9.17, 15) is 0 Å². The molecule has 0 aliphatic rings. The van der Waals surface area contributed by atoms with Crippen molar-refractivity contribution in [1.29, 1.82) is 0 Å². The van der Waals surface area contributed by atoms with Gasteiger partial charge in [0.05, 0.1) is 0 Å². The Balaban J connectivity index is 3.03. The van der Waals surface area contributed by atoms with Crippen molar-refractivity contribution < 1.29 is 4.74 Å². The van der Waals surface area contributed by atoms with Crippen molar-refractivity contribution in [2.45, 2.75) is 34.1 Å². The lowest BCUT2D eigenvalue weighted by atomic mass is 10.1. The van der Waals surface area contributed by atoms with Crippen molar-refractivity contribution in [2.75, 3.05) is 13.2 Å². The number of rotatable bonds is 5. The van der Waals surface area contributed by atoms with Crippen molar-refractivity contribution in [2.24, 2.45) is 11.8 Å². The van der Waals surface area contributed by atoms with Crippen molar-refractivity contribution in [3.05, 3.63) is 0 Å². The minimum atomic E-state index is 0.670. The first-order valence-electron chi connectivity index (χ1n) is 4.24. The van der Waals surface area contributed by atoms with E-state index >= 15 is 0 Å². The van der Waals surface area contributed by atoms with Crippen LogP contribution < -0.4 is 0 Å². The van der Waals surface area contributed by atoms with Gasteiger partial charge in [0.15, 0.2) is 0 Å². The smallest absolute Gasteiger partial charge is 0.0491 e. The van der Waals surface area contributed by atoms with E-state index in [4.69, 9.17) is 4.74 Å². The predicted octanol–water partition coefficient (Wildman–Crippen LogP) is 2.71. The minimum Gasteiger partial charge on any atom is -0.381 e. The van der Waals surface area contributed by atoms with Crippen LogP contribution in [0.5, 0.6) is 0 Å². The first kappa shape index (κ1) is 9.96. The molecule has 0 rings (SSSR count). The fraction of sp³-hybridized carbons (Fsp3) is 1.00. The molecule has 0 saturated carbocycles. The highest BCUT2D eigenvalue weighted by atomic mass is 16.5. The largest absolute Gasteiger partial charge is 0.381 e. The van der Waals surface area contributed by atoms with Crippen molar-refractivity contribution in [3.8, 4) is 0 Å². The Morgan fingerprint density at radius 2 is 1.70 bits per heavy atom. The molecule has 0 radical (unpaired) electrons. The van der Waals surface area contributed by atoms with Gasteiger partial charge >= 0.3 is 0 Å². The summed E-state index contributed by atoms with van der Waals surface area (Å²) in [6.45, 7) is 10.6. The molecule has 0 aromatic heterocycles. The van der Waals surface area contributed by atoms with Crippen molar-refractivity contribution in [1.82, 2.24) is 0 Å². The summed E-state index contributed by atoms with van der Waals surface area (Å²) in [5.74, 6) is 1.39. The Morgan fingerprint density at radius 1 is 1.10 bits per heavy atom. The molecule has 0 saturated heterocycles. The van der Waals surface area contributed by atoms with E-state index in [0.717, 1.165) is 19.1 Å². The van der Waals surface area contributed by atoms with E-state index in [2.05, 4.69) is 27.7 Å². The maximum Gasteiger partial charge on any atom is 0.0491 e. The van der Waals surface area contributed by atoms with E-state index in [1.165, 1.54) is 6.42 Å². The van der Waals surface area contributed by atoms with E-state index < -0.39 is 0 Å². The van der Waals surface area contributed by atoms with Crippen LogP contribution in [0.1, 0.15) is 34.1 Å². The molecule has 0 heterocycles. The van der Waals surface area contributed by atoms with E-state index in [-0.39, 0.29) is 0 Å². The molecule has 0 N–H and O–H groups in total. The van der Waals surface area contributed by atoms with Crippen LogP contribution in [-0.2, 0) is 4.74 Å². The van der Waals surface area contributed by atoms with Gasteiger partial charge in [-0.25, -0.2) is 0 Å². The minimum absolute atomic E-state index is 0.670. The van der Waals surface area contributed by atoms with Gasteiger partial charge in [0, 0.05) is 13.2 Å². The SMILES string of the molecule is CCC(C)COCC(C)C. The number of ether oxygens (including phenoxy) is 1. The summed E-state index contributed by atoms with van der Waals surface area (Å²) in [6, 6.07) is 0.